The van der Waals surface area contributed by atoms with Crippen molar-refractivity contribution >= 4 is 15.9 Å². The zero-order chi connectivity index (χ0) is 20.7. The minimum atomic E-state index is -3.48. The van der Waals surface area contributed by atoms with E-state index in [1.54, 1.807) is 29.4 Å². The topological polar surface area (TPSA) is 75.7 Å². The van der Waals surface area contributed by atoms with Crippen molar-refractivity contribution in [3.8, 4) is 0 Å². The first-order chi connectivity index (χ1) is 14.0. The van der Waals surface area contributed by atoms with Gasteiger partial charge in [0.1, 0.15) is 6.10 Å². The maximum atomic E-state index is 12.8. The highest BCUT2D eigenvalue weighted by atomic mass is 32.2. The number of sulfonamides is 1. The van der Waals surface area contributed by atoms with E-state index >= 15 is 0 Å². The van der Waals surface area contributed by atoms with Gasteiger partial charge in [-0.3, -0.25) is 4.79 Å². The SMILES string of the molecule is CC(OCc1ccccc1)C(=O)NCc1cccc(S(=O)(=O)N2CCCCC2)c1. The molecule has 6 nitrogen and oxygen atoms in total. The van der Waals surface area contributed by atoms with Crippen LogP contribution in [0.15, 0.2) is 59.5 Å². The Bertz CT molecular complexity index is 909. The van der Waals surface area contributed by atoms with Crippen LogP contribution in [-0.4, -0.2) is 37.8 Å². The third kappa shape index (κ3) is 5.88. The minimum absolute atomic E-state index is 0.231. The predicted octanol–water partition coefficient (Wildman–Crippen LogP) is 3.08. The summed E-state index contributed by atoms with van der Waals surface area (Å²) < 4.78 is 32.8. The molecule has 29 heavy (non-hydrogen) atoms. The number of rotatable bonds is 8. The quantitative estimate of drug-likeness (QED) is 0.718. The van der Waals surface area contributed by atoms with Crippen molar-refractivity contribution in [2.75, 3.05) is 13.1 Å². The molecule has 0 bridgehead atoms. The van der Waals surface area contributed by atoms with Crippen LogP contribution in [0.2, 0.25) is 0 Å². The molecule has 1 unspecified atom stereocenters. The summed E-state index contributed by atoms with van der Waals surface area (Å²) in [6.45, 7) is 3.45. The molecule has 3 rings (SSSR count). The van der Waals surface area contributed by atoms with Crippen molar-refractivity contribution in [3.63, 3.8) is 0 Å². The van der Waals surface area contributed by atoms with E-state index in [1.165, 1.54) is 0 Å². The molecular formula is C22H28N2O4S. The van der Waals surface area contributed by atoms with Gasteiger partial charge < -0.3 is 10.1 Å². The van der Waals surface area contributed by atoms with Crippen LogP contribution in [0.1, 0.15) is 37.3 Å². The first-order valence-electron chi connectivity index (χ1n) is 9.99. The average Bonchev–Trinajstić information content (AvgIpc) is 2.77. The number of hydrogen-bond acceptors (Lipinski definition) is 4. The van der Waals surface area contributed by atoms with E-state index in [2.05, 4.69) is 5.32 Å². The fourth-order valence-corrected chi connectivity index (χ4v) is 4.86. The Morgan fingerprint density at radius 3 is 2.45 bits per heavy atom. The molecular weight excluding hydrogens is 388 g/mol. The zero-order valence-corrected chi connectivity index (χ0v) is 17.5. The van der Waals surface area contributed by atoms with Gasteiger partial charge in [0.25, 0.3) is 0 Å². The summed E-state index contributed by atoms with van der Waals surface area (Å²) in [5.74, 6) is -0.231. The van der Waals surface area contributed by atoms with Crippen LogP contribution in [-0.2, 0) is 32.7 Å². The number of hydrogen-bond donors (Lipinski definition) is 1. The van der Waals surface area contributed by atoms with E-state index in [-0.39, 0.29) is 17.3 Å². The van der Waals surface area contributed by atoms with E-state index < -0.39 is 16.1 Å². The summed E-state index contributed by atoms with van der Waals surface area (Å²) in [6, 6.07) is 16.4. The zero-order valence-electron chi connectivity index (χ0n) is 16.7. The third-order valence-corrected chi connectivity index (χ3v) is 6.92. The molecule has 0 aromatic heterocycles. The Labute approximate surface area is 172 Å². The van der Waals surface area contributed by atoms with Crippen molar-refractivity contribution in [1.29, 1.82) is 0 Å². The second kappa shape index (κ2) is 10.0. The molecule has 0 radical (unpaired) electrons. The normalized spacial score (nSPS) is 16.3. The van der Waals surface area contributed by atoms with Gasteiger partial charge in [-0.15, -0.1) is 0 Å². The molecule has 0 aliphatic carbocycles. The molecule has 1 fully saturated rings. The Hall–Kier alpha value is -2.22. The second-order valence-corrected chi connectivity index (χ2v) is 9.21. The molecule has 7 heteroatoms. The molecule has 1 N–H and O–H groups in total. The number of nitrogens with zero attached hydrogens (tertiary/aromatic N) is 1. The highest BCUT2D eigenvalue weighted by Crippen LogP contribution is 2.21. The molecule has 1 aliphatic heterocycles. The van der Waals surface area contributed by atoms with Crippen LogP contribution in [0.3, 0.4) is 0 Å². The lowest BCUT2D eigenvalue weighted by molar-refractivity contribution is -0.132. The van der Waals surface area contributed by atoms with Crippen molar-refractivity contribution in [2.24, 2.45) is 0 Å². The predicted molar refractivity (Wildman–Crippen MR) is 112 cm³/mol. The van der Waals surface area contributed by atoms with Gasteiger partial charge in [0.05, 0.1) is 11.5 Å². The Morgan fingerprint density at radius 2 is 1.72 bits per heavy atom. The van der Waals surface area contributed by atoms with Gasteiger partial charge in [-0.2, -0.15) is 4.31 Å². The highest BCUT2D eigenvalue weighted by molar-refractivity contribution is 7.89. The number of piperidine rings is 1. The summed E-state index contributed by atoms with van der Waals surface area (Å²) in [7, 11) is -3.48. The van der Waals surface area contributed by atoms with Crippen LogP contribution < -0.4 is 5.32 Å². The molecule has 1 saturated heterocycles. The fourth-order valence-electron chi connectivity index (χ4n) is 3.27. The monoisotopic (exact) mass is 416 g/mol. The van der Waals surface area contributed by atoms with Crippen molar-refractivity contribution in [2.45, 2.75) is 50.3 Å². The maximum Gasteiger partial charge on any atom is 0.249 e. The molecule has 1 atom stereocenters. The number of carbonyl (C=O) groups is 1. The van der Waals surface area contributed by atoms with E-state index in [4.69, 9.17) is 4.74 Å². The van der Waals surface area contributed by atoms with Gasteiger partial charge in [0.15, 0.2) is 0 Å². The molecule has 0 spiro atoms. The first-order valence-corrected chi connectivity index (χ1v) is 11.4. The Kier molecular flexibility index (Phi) is 7.41. The van der Waals surface area contributed by atoms with Crippen LogP contribution >= 0.6 is 0 Å². The minimum Gasteiger partial charge on any atom is -0.364 e. The lowest BCUT2D eigenvalue weighted by Gasteiger charge is -2.26. The van der Waals surface area contributed by atoms with Gasteiger partial charge in [0, 0.05) is 19.6 Å². The molecule has 1 amide bonds. The van der Waals surface area contributed by atoms with Crippen LogP contribution in [0.25, 0.3) is 0 Å². The molecule has 156 valence electrons. The molecule has 1 heterocycles. The van der Waals surface area contributed by atoms with E-state index in [1.807, 2.05) is 36.4 Å². The smallest absolute Gasteiger partial charge is 0.249 e. The highest BCUT2D eigenvalue weighted by Gasteiger charge is 2.26. The van der Waals surface area contributed by atoms with Gasteiger partial charge in [0.2, 0.25) is 15.9 Å². The number of amides is 1. The summed E-state index contributed by atoms with van der Waals surface area (Å²) in [4.78, 5) is 12.6. The molecule has 2 aromatic rings. The number of benzene rings is 2. The third-order valence-electron chi connectivity index (χ3n) is 5.03. The number of ether oxygens (including phenoxy) is 1. The molecule has 2 aromatic carbocycles. The molecule has 0 saturated carbocycles. The van der Waals surface area contributed by atoms with E-state index in [0.717, 1.165) is 30.4 Å². The summed E-state index contributed by atoms with van der Waals surface area (Å²) in [5, 5.41) is 2.82. The average molecular weight is 417 g/mol. The standard InChI is InChI=1S/C22H28N2O4S/c1-18(28-17-19-9-4-2-5-10-19)22(25)23-16-20-11-8-12-21(15-20)29(26,27)24-13-6-3-7-14-24/h2,4-5,8-12,15,18H,3,6-7,13-14,16-17H2,1H3,(H,23,25). The van der Waals surface area contributed by atoms with E-state index in [0.29, 0.717) is 19.7 Å². The van der Waals surface area contributed by atoms with Crippen LogP contribution in [0, 0.1) is 0 Å². The summed E-state index contributed by atoms with van der Waals surface area (Å²) >= 11 is 0. The van der Waals surface area contributed by atoms with Gasteiger partial charge in [-0.25, -0.2) is 8.42 Å². The van der Waals surface area contributed by atoms with Crippen LogP contribution in [0.4, 0.5) is 0 Å². The Morgan fingerprint density at radius 1 is 1.03 bits per heavy atom. The van der Waals surface area contributed by atoms with Crippen molar-refractivity contribution in [1.82, 2.24) is 9.62 Å². The van der Waals surface area contributed by atoms with Gasteiger partial charge >= 0.3 is 0 Å². The van der Waals surface area contributed by atoms with Gasteiger partial charge in [-0.1, -0.05) is 48.9 Å². The number of carbonyl (C=O) groups excluding carboxylic acids is 1. The number of nitrogens with one attached hydrogen (secondary N) is 1. The lowest BCUT2D eigenvalue weighted by atomic mass is 10.2. The largest absolute Gasteiger partial charge is 0.364 e. The fraction of sp³-hybridized carbons (Fsp3) is 0.409. The first kappa shape index (κ1) is 21.5. The summed E-state index contributed by atoms with van der Waals surface area (Å²) in [5.41, 5.74) is 1.74. The van der Waals surface area contributed by atoms with Crippen molar-refractivity contribution < 1.29 is 17.9 Å². The van der Waals surface area contributed by atoms with E-state index in [9.17, 15) is 13.2 Å². The molecule has 1 aliphatic rings. The van der Waals surface area contributed by atoms with Crippen LogP contribution in [0.5, 0.6) is 0 Å². The second-order valence-electron chi connectivity index (χ2n) is 7.27. The summed E-state index contributed by atoms with van der Waals surface area (Å²) in [6.07, 6.45) is 2.27. The maximum absolute atomic E-state index is 12.8. The Balaban J connectivity index is 1.55. The lowest BCUT2D eigenvalue weighted by Crippen LogP contribution is -2.36. The van der Waals surface area contributed by atoms with Crippen molar-refractivity contribution in [3.05, 3.63) is 65.7 Å². The van der Waals surface area contributed by atoms with Gasteiger partial charge in [-0.05, 0) is 43.0 Å².